The molecule has 3 nitrogen and oxygen atoms in total. The fraction of sp³-hybridized carbons (Fsp3) is 0.0769. The number of hydrogen-bond acceptors (Lipinski definition) is 4. The fourth-order valence-corrected chi connectivity index (χ4v) is 2.56. The van der Waals surface area contributed by atoms with Crippen molar-refractivity contribution in [3.63, 3.8) is 0 Å². The SMILES string of the molecule is Cc1cccc2nc(-c3cccs3)nc(N)c12. The molecular weight excluding hydrogens is 230 g/mol. The molecular formula is C13H11N3S. The molecule has 0 bridgehead atoms. The Morgan fingerprint density at radius 3 is 2.76 bits per heavy atom. The van der Waals surface area contributed by atoms with E-state index in [0.29, 0.717) is 11.6 Å². The predicted molar refractivity (Wildman–Crippen MR) is 72.0 cm³/mol. The molecule has 3 rings (SSSR count). The van der Waals surface area contributed by atoms with Crippen LogP contribution in [0.2, 0.25) is 0 Å². The Bertz CT molecular complexity index is 674. The van der Waals surface area contributed by atoms with Crippen LogP contribution in [-0.4, -0.2) is 9.97 Å². The van der Waals surface area contributed by atoms with E-state index in [0.717, 1.165) is 21.3 Å². The van der Waals surface area contributed by atoms with Crippen LogP contribution < -0.4 is 5.73 Å². The average molecular weight is 241 g/mol. The largest absolute Gasteiger partial charge is 0.383 e. The predicted octanol–water partition coefficient (Wildman–Crippen LogP) is 3.25. The van der Waals surface area contributed by atoms with Gasteiger partial charge in [0.2, 0.25) is 0 Å². The molecule has 0 saturated carbocycles. The number of nitrogens with zero attached hydrogens (tertiary/aromatic N) is 2. The molecule has 2 heterocycles. The summed E-state index contributed by atoms with van der Waals surface area (Å²) in [6.45, 7) is 2.02. The number of nitrogens with two attached hydrogens (primary N) is 1. The lowest BCUT2D eigenvalue weighted by molar-refractivity contribution is 1.24. The number of rotatable bonds is 1. The van der Waals surface area contributed by atoms with Gasteiger partial charge in [0.05, 0.1) is 10.4 Å². The third-order valence-electron chi connectivity index (χ3n) is 2.70. The van der Waals surface area contributed by atoms with E-state index >= 15 is 0 Å². The van der Waals surface area contributed by atoms with E-state index in [1.54, 1.807) is 11.3 Å². The minimum Gasteiger partial charge on any atom is -0.383 e. The van der Waals surface area contributed by atoms with Gasteiger partial charge in [-0.25, -0.2) is 9.97 Å². The van der Waals surface area contributed by atoms with Crippen LogP contribution in [-0.2, 0) is 0 Å². The fourth-order valence-electron chi connectivity index (χ4n) is 1.90. The maximum Gasteiger partial charge on any atom is 0.172 e. The Labute approximate surface area is 103 Å². The molecule has 0 atom stereocenters. The lowest BCUT2D eigenvalue weighted by atomic mass is 10.1. The summed E-state index contributed by atoms with van der Waals surface area (Å²) in [5.41, 5.74) is 8.03. The highest BCUT2D eigenvalue weighted by Crippen LogP contribution is 2.27. The van der Waals surface area contributed by atoms with Crippen LogP contribution in [0.25, 0.3) is 21.6 Å². The highest BCUT2D eigenvalue weighted by molar-refractivity contribution is 7.13. The molecule has 0 saturated heterocycles. The van der Waals surface area contributed by atoms with E-state index in [-0.39, 0.29) is 0 Å². The zero-order valence-electron chi connectivity index (χ0n) is 9.34. The minimum absolute atomic E-state index is 0.552. The Morgan fingerprint density at radius 1 is 1.12 bits per heavy atom. The lowest BCUT2D eigenvalue weighted by Crippen LogP contribution is -1.98. The van der Waals surface area contributed by atoms with Crippen molar-refractivity contribution in [1.29, 1.82) is 0 Å². The molecule has 17 heavy (non-hydrogen) atoms. The van der Waals surface area contributed by atoms with Crippen LogP contribution in [0.5, 0.6) is 0 Å². The Morgan fingerprint density at radius 2 is 2.00 bits per heavy atom. The van der Waals surface area contributed by atoms with E-state index in [9.17, 15) is 0 Å². The summed E-state index contributed by atoms with van der Waals surface area (Å²) in [7, 11) is 0. The number of aryl methyl sites for hydroxylation is 1. The van der Waals surface area contributed by atoms with E-state index in [2.05, 4.69) is 9.97 Å². The van der Waals surface area contributed by atoms with Crippen LogP contribution in [0.1, 0.15) is 5.56 Å². The van der Waals surface area contributed by atoms with Gasteiger partial charge in [-0.05, 0) is 30.0 Å². The first-order chi connectivity index (χ1) is 8.25. The molecule has 0 aliphatic rings. The Balaban J connectivity index is 2.32. The summed E-state index contributed by atoms with van der Waals surface area (Å²) in [4.78, 5) is 9.98. The third kappa shape index (κ3) is 1.66. The number of aromatic nitrogens is 2. The van der Waals surface area contributed by atoms with Crippen LogP contribution in [0, 0.1) is 6.92 Å². The first kappa shape index (κ1) is 10.2. The summed E-state index contributed by atoms with van der Waals surface area (Å²) in [6.07, 6.45) is 0. The van der Waals surface area contributed by atoms with Gasteiger partial charge in [0.15, 0.2) is 5.82 Å². The van der Waals surface area contributed by atoms with Crippen LogP contribution >= 0.6 is 11.3 Å². The number of thiophene rings is 1. The third-order valence-corrected chi connectivity index (χ3v) is 3.57. The second-order valence-electron chi connectivity index (χ2n) is 3.88. The van der Waals surface area contributed by atoms with Crippen molar-refractivity contribution in [2.75, 3.05) is 5.73 Å². The molecule has 0 unspecified atom stereocenters. The highest BCUT2D eigenvalue weighted by Gasteiger charge is 2.09. The van der Waals surface area contributed by atoms with Gasteiger partial charge in [-0.15, -0.1) is 11.3 Å². The standard InChI is InChI=1S/C13H11N3S/c1-8-4-2-5-9-11(8)12(14)16-13(15-9)10-6-3-7-17-10/h2-7H,1H3,(H2,14,15,16). The number of benzene rings is 1. The molecule has 0 aliphatic heterocycles. The molecule has 2 aromatic heterocycles. The first-order valence-corrected chi connectivity index (χ1v) is 6.20. The van der Waals surface area contributed by atoms with E-state index in [1.165, 1.54) is 0 Å². The van der Waals surface area contributed by atoms with Crippen LogP contribution in [0.15, 0.2) is 35.7 Å². The monoisotopic (exact) mass is 241 g/mol. The first-order valence-electron chi connectivity index (χ1n) is 5.32. The molecule has 0 aliphatic carbocycles. The highest BCUT2D eigenvalue weighted by atomic mass is 32.1. The Hall–Kier alpha value is -1.94. The van der Waals surface area contributed by atoms with Crippen molar-refractivity contribution in [2.24, 2.45) is 0 Å². The Kier molecular flexibility index (Phi) is 2.30. The van der Waals surface area contributed by atoms with Crippen molar-refractivity contribution < 1.29 is 0 Å². The second-order valence-corrected chi connectivity index (χ2v) is 4.83. The minimum atomic E-state index is 0.552. The molecule has 0 radical (unpaired) electrons. The zero-order valence-corrected chi connectivity index (χ0v) is 10.2. The lowest BCUT2D eigenvalue weighted by Gasteiger charge is -2.06. The molecule has 4 heteroatoms. The van der Waals surface area contributed by atoms with Gasteiger partial charge >= 0.3 is 0 Å². The van der Waals surface area contributed by atoms with Gasteiger partial charge in [-0.1, -0.05) is 18.2 Å². The molecule has 0 amide bonds. The summed E-state index contributed by atoms with van der Waals surface area (Å²) in [5, 5.41) is 2.96. The molecule has 3 aromatic rings. The van der Waals surface area contributed by atoms with Crippen molar-refractivity contribution in [3.8, 4) is 10.7 Å². The summed E-state index contributed by atoms with van der Waals surface area (Å²) in [5.74, 6) is 1.26. The molecule has 2 N–H and O–H groups in total. The smallest absolute Gasteiger partial charge is 0.172 e. The van der Waals surface area contributed by atoms with Gasteiger partial charge in [0.1, 0.15) is 5.82 Å². The normalized spacial score (nSPS) is 10.9. The maximum atomic E-state index is 6.02. The van der Waals surface area contributed by atoms with E-state index in [1.807, 2.05) is 42.6 Å². The second kappa shape index (κ2) is 3.82. The van der Waals surface area contributed by atoms with Crippen LogP contribution in [0.3, 0.4) is 0 Å². The quantitative estimate of drug-likeness (QED) is 0.711. The van der Waals surface area contributed by atoms with E-state index < -0.39 is 0 Å². The van der Waals surface area contributed by atoms with Gasteiger partial charge < -0.3 is 5.73 Å². The van der Waals surface area contributed by atoms with Gasteiger partial charge in [0, 0.05) is 5.39 Å². The maximum absolute atomic E-state index is 6.02. The van der Waals surface area contributed by atoms with Crippen molar-refractivity contribution in [3.05, 3.63) is 41.3 Å². The summed E-state index contributed by atoms with van der Waals surface area (Å²) < 4.78 is 0. The molecule has 84 valence electrons. The number of nitrogen functional groups attached to an aromatic ring is 1. The number of fused-ring (bicyclic) bond motifs is 1. The topological polar surface area (TPSA) is 51.8 Å². The summed E-state index contributed by atoms with van der Waals surface area (Å²) >= 11 is 1.62. The molecule has 1 aromatic carbocycles. The average Bonchev–Trinajstić information content (AvgIpc) is 2.81. The molecule has 0 spiro atoms. The molecule has 0 fully saturated rings. The van der Waals surface area contributed by atoms with Crippen LogP contribution in [0.4, 0.5) is 5.82 Å². The number of anilines is 1. The van der Waals surface area contributed by atoms with E-state index in [4.69, 9.17) is 5.73 Å². The number of hydrogen-bond donors (Lipinski definition) is 1. The zero-order chi connectivity index (χ0) is 11.8. The van der Waals surface area contributed by atoms with Gasteiger partial charge in [-0.3, -0.25) is 0 Å². The van der Waals surface area contributed by atoms with Crippen molar-refractivity contribution in [2.45, 2.75) is 6.92 Å². The summed E-state index contributed by atoms with van der Waals surface area (Å²) in [6, 6.07) is 9.97. The van der Waals surface area contributed by atoms with Gasteiger partial charge in [-0.2, -0.15) is 0 Å². The van der Waals surface area contributed by atoms with Crippen molar-refractivity contribution in [1.82, 2.24) is 9.97 Å². The van der Waals surface area contributed by atoms with Gasteiger partial charge in [0.25, 0.3) is 0 Å². The van der Waals surface area contributed by atoms with Crippen molar-refractivity contribution >= 4 is 28.1 Å².